The van der Waals surface area contributed by atoms with E-state index in [1.54, 1.807) is 6.92 Å². The summed E-state index contributed by atoms with van der Waals surface area (Å²) < 4.78 is 34.4. The summed E-state index contributed by atoms with van der Waals surface area (Å²) in [5.41, 5.74) is -2.76. The van der Waals surface area contributed by atoms with E-state index in [0.717, 1.165) is 4.90 Å². The molecule has 7 nitrogen and oxygen atoms in total. The zero-order valence-electron chi connectivity index (χ0n) is 15.7. The van der Waals surface area contributed by atoms with Crippen molar-refractivity contribution in [1.82, 2.24) is 0 Å². The van der Waals surface area contributed by atoms with Gasteiger partial charge in [0.05, 0.1) is 24.3 Å². The Hall–Kier alpha value is -3.20. The highest BCUT2D eigenvalue weighted by Gasteiger charge is 2.39. The SMILES string of the molecule is CCOC(=O)c1ccc(N2C(=O)CC(Nc3ccc(OC(F)(F)Cl)cc3)C2=O)cc1. The molecule has 1 atom stereocenters. The Morgan fingerprint density at radius 2 is 1.80 bits per heavy atom. The van der Waals surface area contributed by atoms with Crippen molar-refractivity contribution < 1.29 is 32.6 Å². The molecule has 0 radical (unpaired) electrons. The van der Waals surface area contributed by atoms with Gasteiger partial charge in [0.25, 0.3) is 5.91 Å². The summed E-state index contributed by atoms with van der Waals surface area (Å²) >= 11 is 4.71. The van der Waals surface area contributed by atoms with Crippen molar-refractivity contribution in [2.75, 3.05) is 16.8 Å². The van der Waals surface area contributed by atoms with Crippen LogP contribution in [0.1, 0.15) is 23.7 Å². The van der Waals surface area contributed by atoms with E-state index in [1.807, 2.05) is 0 Å². The van der Waals surface area contributed by atoms with Gasteiger partial charge in [-0.3, -0.25) is 9.59 Å². The highest BCUT2D eigenvalue weighted by molar-refractivity contribution is 6.23. The first kappa shape index (κ1) is 21.5. The van der Waals surface area contributed by atoms with Crippen molar-refractivity contribution in [2.24, 2.45) is 0 Å². The van der Waals surface area contributed by atoms with Crippen LogP contribution < -0.4 is 15.0 Å². The van der Waals surface area contributed by atoms with Crippen molar-refractivity contribution in [1.29, 1.82) is 0 Å². The van der Waals surface area contributed by atoms with Gasteiger partial charge in [-0.05, 0) is 55.5 Å². The fraction of sp³-hybridized carbons (Fsp3) is 0.250. The van der Waals surface area contributed by atoms with E-state index < -0.39 is 29.4 Å². The van der Waals surface area contributed by atoms with Crippen molar-refractivity contribution in [3.63, 3.8) is 0 Å². The average molecular weight is 439 g/mol. The van der Waals surface area contributed by atoms with Gasteiger partial charge in [0.1, 0.15) is 11.8 Å². The van der Waals surface area contributed by atoms with Crippen molar-refractivity contribution in [2.45, 2.75) is 25.0 Å². The molecule has 158 valence electrons. The van der Waals surface area contributed by atoms with Crippen LogP contribution in [0.25, 0.3) is 0 Å². The topological polar surface area (TPSA) is 84.9 Å². The van der Waals surface area contributed by atoms with Crippen molar-refractivity contribution in [3.05, 3.63) is 54.1 Å². The van der Waals surface area contributed by atoms with Crippen LogP contribution in [-0.2, 0) is 14.3 Å². The van der Waals surface area contributed by atoms with Crippen LogP contribution in [0.5, 0.6) is 5.75 Å². The minimum Gasteiger partial charge on any atom is -0.462 e. The lowest BCUT2D eigenvalue weighted by Crippen LogP contribution is -2.34. The minimum atomic E-state index is -3.83. The molecule has 1 aliphatic heterocycles. The van der Waals surface area contributed by atoms with Crippen LogP contribution in [0.15, 0.2) is 48.5 Å². The second-order valence-corrected chi connectivity index (χ2v) is 6.75. The number of carbonyl (C=O) groups excluding carboxylic acids is 3. The van der Waals surface area contributed by atoms with E-state index in [9.17, 15) is 23.2 Å². The second kappa shape index (κ2) is 8.66. The first-order valence-electron chi connectivity index (χ1n) is 8.94. The molecular weight excluding hydrogens is 422 g/mol. The smallest absolute Gasteiger partial charge is 0.462 e. The number of halogens is 3. The molecule has 1 heterocycles. The molecule has 30 heavy (non-hydrogen) atoms. The van der Waals surface area contributed by atoms with Gasteiger partial charge in [0.15, 0.2) is 0 Å². The Morgan fingerprint density at radius 1 is 1.17 bits per heavy atom. The summed E-state index contributed by atoms with van der Waals surface area (Å²) in [7, 11) is 0. The maximum Gasteiger partial charge on any atom is 0.487 e. The molecule has 0 spiro atoms. The Kier molecular flexibility index (Phi) is 6.21. The van der Waals surface area contributed by atoms with E-state index in [1.165, 1.54) is 48.5 Å². The second-order valence-electron chi connectivity index (χ2n) is 6.31. The van der Waals surface area contributed by atoms with Gasteiger partial charge in [-0.1, -0.05) is 0 Å². The normalized spacial score (nSPS) is 16.5. The maximum atomic E-state index is 12.7. The fourth-order valence-corrected chi connectivity index (χ4v) is 3.02. The largest absolute Gasteiger partial charge is 0.487 e. The predicted molar refractivity (Wildman–Crippen MR) is 105 cm³/mol. The third kappa shape index (κ3) is 5.04. The Morgan fingerprint density at radius 3 is 2.37 bits per heavy atom. The molecule has 0 aromatic heterocycles. The number of rotatable bonds is 7. The van der Waals surface area contributed by atoms with E-state index >= 15 is 0 Å². The number of hydrogen-bond acceptors (Lipinski definition) is 6. The summed E-state index contributed by atoms with van der Waals surface area (Å²) in [5.74, 6) is -1.54. The number of hydrogen-bond donors (Lipinski definition) is 1. The number of anilines is 2. The molecular formula is C20H17ClF2N2O5. The highest BCUT2D eigenvalue weighted by atomic mass is 35.5. The van der Waals surface area contributed by atoms with Gasteiger partial charge in [0.2, 0.25) is 5.91 Å². The number of ether oxygens (including phenoxy) is 2. The lowest BCUT2D eigenvalue weighted by Gasteiger charge is -2.17. The van der Waals surface area contributed by atoms with E-state index in [0.29, 0.717) is 16.9 Å². The molecule has 3 rings (SSSR count). The third-order valence-electron chi connectivity index (χ3n) is 4.21. The number of amides is 2. The summed E-state index contributed by atoms with van der Waals surface area (Å²) in [6.45, 7) is 1.92. The molecule has 1 aliphatic rings. The van der Waals surface area contributed by atoms with Gasteiger partial charge < -0.3 is 14.8 Å². The molecule has 0 saturated carbocycles. The molecule has 1 N–H and O–H groups in total. The summed E-state index contributed by atoms with van der Waals surface area (Å²) in [6, 6.07) is 10.4. The Balaban J connectivity index is 1.68. The maximum absolute atomic E-state index is 12.7. The van der Waals surface area contributed by atoms with Crippen molar-refractivity contribution >= 4 is 40.8 Å². The molecule has 1 fully saturated rings. The van der Waals surface area contributed by atoms with Gasteiger partial charge in [0, 0.05) is 17.3 Å². The number of benzene rings is 2. The van der Waals surface area contributed by atoms with Crippen LogP contribution in [0.3, 0.4) is 0 Å². The average Bonchev–Trinajstić information content (AvgIpc) is 2.96. The molecule has 1 unspecified atom stereocenters. The first-order chi connectivity index (χ1) is 14.2. The lowest BCUT2D eigenvalue weighted by molar-refractivity contribution is -0.121. The van der Waals surface area contributed by atoms with Gasteiger partial charge in [-0.15, -0.1) is 8.78 Å². The number of alkyl halides is 3. The minimum absolute atomic E-state index is 0.0868. The van der Waals surface area contributed by atoms with Crippen LogP contribution in [-0.4, -0.2) is 36.0 Å². The van der Waals surface area contributed by atoms with Crippen LogP contribution in [0.4, 0.5) is 20.2 Å². The van der Waals surface area contributed by atoms with Gasteiger partial charge in [-0.25, -0.2) is 9.69 Å². The quantitative estimate of drug-likeness (QED) is 0.402. The lowest BCUT2D eigenvalue weighted by atomic mass is 10.2. The third-order valence-corrected chi connectivity index (χ3v) is 4.29. The number of imide groups is 1. The standard InChI is InChI=1S/C20H17ClF2N2O5/c1-2-29-19(28)12-3-7-14(8-4-12)25-17(26)11-16(18(25)27)24-13-5-9-15(10-6-13)30-20(21,22)23/h3-10,16,24H,2,11H2,1H3. The number of esters is 1. The van der Waals surface area contributed by atoms with Gasteiger partial charge >= 0.3 is 11.5 Å². The van der Waals surface area contributed by atoms with Crippen molar-refractivity contribution in [3.8, 4) is 5.75 Å². The molecule has 2 amide bonds. The Labute approximate surface area is 175 Å². The van der Waals surface area contributed by atoms with E-state index in [4.69, 9.17) is 16.3 Å². The molecule has 2 aromatic carbocycles. The highest BCUT2D eigenvalue weighted by Crippen LogP contribution is 2.28. The van der Waals surface area contributed by atoms with E-state index in [2.05, 4.69) is 10.1 Å². The van der Waals surface area contributed by atoms with E-state index in [-0.39, 0.29) is 18.8 Å². The predicted octanol–water partition coefficient (Wildman–Crippen LogP) is 3.78. The Bertz CT molecular complexity index is 945. The number of nitrogens with one attached hydrogen (secondary N) is 1. The molecule has 1 saturated heterocycles. The monoisotopic (exact) mass is 438 g/mol. The molecule has 10 heteroatoms. The summed E-state index contributed by atoms with van der Waals surface area (Å²) in [6.07, 6.45) is -0.0868. The first-order valence-corrected chi connectivity index (χ1v) is 9.32. The summed E-state index contributed by atoms with van der Waals surface area (Å²) in [5, 5.41) is 2.89. The molecule has 0 bridgehead atoms. The summed E-state index contributed by atoms with van der Waals surface area (Å²) in [4.78, 5) is 37.8. The zero-order chi connectivity index (χ0) is 21.9. The van der Waals surface area contributed by atoms with Crippen LogP contribution in [0.2, 0.25) is 0 Å². The van der Waals surface area contributed by atoms with Crippen LogP contribution in [0, 0.1) is 0 Å². The molecule has 2 aromatic rings. The fourth-order valence-electron chi connectivity index (χ4n) is 2.93. The van der Waals surface area contributed by atoms with Crippen LogP contribution >= 0.6 is 11.6 Å². The van der Waals surface area contributed by atoms with Gasteiger partial charge in [-0.2, -0.15) is 0 Å². The number of nitrogens with zero attached hydrogens (tertiary/aromatic N) is 1. The molecule has 0 aliphatic carbocycles. The number of carbonyl (C=O) groups is 3. The zero-order valence-corrected chi connectivity index (χ0v) is 16.5.